The van der Waals surface area contributed by atoms with Crippen molar-refractivity contribution in [3.8, 4) is 0 Å². The first-order chi connectivity index (χ1) is 14.0. The van der Waals surface area contributed by atoms with Crippen LogP contribution in [0.25, 0.3) is 0 Å². The molecule has 0 unspecified atom stereocenters. The third-order valence-corrected chi connectivity index (χ3v) is 4.84. The fourth-order valence-corrected chi connectivity index (χ4v) is 3.14. The zero-order chi connectivity index (χ0) is 20.6. The number of hydrogen-bond donors (Lipinski definition) is 2. The molecule has 3 aromatic rings. The first-order valence-electron chi connectivity index (χ1n) is 9.24. The monoisotopic (exact) mass is 406 g/mol. The smallest absolute Gasteiger partial charge is 0.254 e. The highest BCUT2D eigenvalue weighted by Gasteiger charge is 2.17. The van der Waals surface area contributed by atoms with Gasteiger partial charge in [0.15, 0.2) is 5.96 Å². The van der Waals surface area contributed by atoms with Crippen LogP contribution in [0, 0.1) is 0 Å². The Morgan fingerprint density at radius 2 is 1.45 bits per heavy atom. The van der Waals surface area contributed by atoms with E-state index in [1.165, 1.54) is 0 Å². The molecule has 4 N–H and O–H groups in total. The SMILES string of the molecule is NC(N)=NCc1ccc(CN(Cc2ccccc2Cl)C(=O)c2ccccc2)cc1. The Labute approximate surface area is 175 Å². The number of guanidine groups is 1. The molecule has 0 aliphatic heterocycles. The molecule has 148 valence electrons. The molecule has 0 radical (unpaired) electrons. The molecule has 0 saturated carbocycles. The van der Waals surface area contributed by atoms with Crippen LogP contribution >= 0.6 is 11.6 Å². The number of aliphatic imine (C=N–C) groups is 1. The normalized spacial score (nSPS) is 10.4. The summed E-state index contributed by atoms with van der Waals surface area (Å²) in [4.78, 5) is 19.0. The summed E-state index contributed by atoms with van der Waals surface area (Å²) in [5.41, 5.74) is 14.3. The Morgan fingerprint density at radius 3 is 2.10 bits per heavy atom. The van der Waals surface area contributed by atoms with Crippen LogP contribution < -0.4 is 11.5 Å². The van der Waals surface area contributed by atoms with Crippen LogP contribution in [0.1, 0.15) is 27.0 Å². The van der Waals surface area contributed by atoms with Gasteiger partial charge < -0.3 is 16.4 Å². The van der Waals surface area contributed by atoms with Crippen molar-refractivity contribution in [1.82, 2.24) is 4.90 Å². The molecule has 0 fully saturated rings. The molecule has 5 nitrogen and oxygen atoms in total. The van der Waals surface area contributed by atoms with Gasteiger partial charge in [-0.05, 0) is 34.9 Å². The van der Waals surface area contributed by atoms with Crippen molar-refractivity contribution >= 4 is 23.5 Å². The number of nitrogens with zero attached hydrogens (tertiary/aromatic N) is 2. The van der Waals surface area contributed by atoms with Gasteiger partial charge in [0.05, 0.1) is 6.54 Å². The molecule has 0 aliphatic carbocycles. The first-order valence-corrected chi connectivity index (χ1v) is 9.61. The highest BCUT2D eigenvalue weighted by atomic mass is 35.5. The van der Waals surface area contributed by atoms with Gasteiger partial charge in [-0.15, -0.1) is 0 Å². The maximum atomic E-state index is 13.1. The van der Waals surface area contributed by atoms with E-state index in [9.17, 15) is 4.79 Å². The summed E-state index contributed by atoms with van der Waals surface area (Å²) in [6, 6.07) is 24.7. The lowest BCUT2D eigenvalue weighted by Gasteiger charge is -2.24. The zero-order valence-electron chi connectivity index (χ0n) is 16.0. The number of carbonyl (C=O) groups excluding carboxylic acids is 1. The minimum absolute atomic E-state index is 0.0462. The largest absolute Gasteiger partial charge is 0.370 e. The van der Waals surface area contributed by atoms with Crippen LogP contribution in [0.4, 0.5) is 0 Å². The molecule has 0 aliphatic rings. The van der Waals surface area contributed by atoms with Crippen molar-refractivity contribution in [1.29, 1.82) is 0 Å². The number of rotatable bonds is 7. The van der Waals surface area contributed by atoms with E-state index < -0.39 is 0 Å². The first kappa shape index (κ1) is 20.4. The average Bonchev–Trinajstić information content (AvgIpc) is 2.74. The molecule has 0 saturated heterocycles. The number of halogens is 1. The van der Waals surface area contributed by atoms with Crippen LogP contribution in [0.3, 0.4) is 0 Å². The average molecular weight is 407 g/mol. The Hall–Kier alpha value is -3.31. The Morgan fingerprint density at radius 1 is 0.828 bits per heavy atom. The van der Waals surface area contributed by atoms with Crippen LogP contribution in [-0.2, 0) is 19.6 Å². The maximum Gasteiger partial charge on any atom is 0.254 e. The molecule has 0 spiro atoms. The zero-order valence-corrected chi connectivity index (χ0v) is 16.7. The van der Waals surface area contributed by atoms with E-state index >= 15 is 0 Å². The van der Waals surface area contributed by atoms with Crippen LogP contribution in [0.2, 0.25) is 5.02 Å². The van der Waals surface area contributed by atoms with E-state index in [1.54, 1.807) is 4.90 Å². The van der Waals surface area contributed by atoms with Crippen LogP contribution in [0.15, 0.2) is 83.9 Å². The summed E-state index contributed by atoms with van der Waals surface area (Å²) in [5, 5.41) is 0.644. The highest BCUT2D eigenvalue weighted by molar-refractivity contribution is 6.31. The van der Waals surface area contributed by atoms with Gasteiger partial charge in [0.1, 0.15) is 0 Å². The van der Waals surface area contributed by atoms with Gasteiger partial charge in [0.25, 0.3) is 5.91 Å². The fourth-order valence-electron chi connectivity index (χ4n) is 2.95. The standard InChI is InChI=1S/C23H23ClN4O/c24-21-9-5-4-8-20(21)16-28(22(29)19-6-2-1-3-7-19)15-18-12-10-17(11-13-18)14-27-23(25)26/h1-13H,14-16H2,(H4,25,26,27). The number of amides is 1. The summed E-state index contributed by atoms with van der Waals surface area (Å²) >= 11 is 6.33. The van der Waals surface area contributed by atoms with Crippen LogP contribution in [-0.4, -0.2) is 16.8 Å². The molecule has 0 heterocycles. The van der Waals surface area contributed by atoms with Crippen molar-refractivity contribution in [2.75, 3.05) is 0 Å². The van der Waals surface area contributed by atoms with Crippen LogP contribution in [0.5, 0.6) is 0 Å². The second-order valence-corrected chi connectivity index (χ2v) is 7.08. The molecular weight excluding hydrogens is 384 g/mol. The van der Waals surface area contributed by atoms with E-state index in [2.05, 4.69) is 4.99 Å². The second-order valence-electron chi connectivity index (χ2n) is 6.68. The molecule has 3 rings (SSSR count). The van der Waals surface area contributed by atoms with Crippen molar-refractivity contribution in [3.63, 3.8) is 0 Å². The lowest BCUT2D eigenvalue weighted by molar-refractivity contribution is 0.0730. The van der Waals surface area contributed by atoms with E-state index in [4.69, 9.17) is 23.1 Å². The van der Waals surface area contributed by atoms with Crippen molar-refractivity contribution in [3.05, 3.63) is 106 Å². The van der Waals surface area contributed by atoms with E-state index in [-0.39, 0.29) is 11.9 Å². The predicted molar refractivity (Wildman–Crippen MR) is 117 cm³/mol. The lowest BCUT2D eigenvalue weighted by Crippen LogP contribution is -2.30. The maximum absolute atomic E-state index is 13.1. The highest BCUT2D eigenvalue weighted by Crippen LogP contribution is 2.20. The lowest BCUT2D eigenvalue weighted by atomic mass is 10.1. The van der Waals surface area contributed by atoms with E-state index in [0.29, 0.717) is 30.2 Å². The summed E-state index contributed by atoms with van der Waals surface area (Å²) < 4.78 is 0. The Bertz CT molecular complexity index is 983. The second kappa shape index (κ2) is 9.75. The summed E-state index contributed by atoms with van der Waals surface area (Å²) in [6.45, 7) is 1.31. The number of benzene rings is 3. The Balaban J connectivity index is 1.82. The third kappa shape index (κ3) is 5.83. The quantitative estimate of drug-likeness (QED) is 0.460. The van der Waals surface area contributed by atoms with Crippen molar-refractivity contribution in [2.24, 2.45) is 16.5 Å². The van der Waals surface area contributed by atoms with Gasteiger partial charge in [-0.3, -0.25) is 4.79 Å². The molecule has 6 heteroatoms. The van der Waals surface area contributed by atoms with Crippen molar-refractivity contribution in [2.45, 2.75) is 19.6 Å². The predicted octanol–water partition coefficient (Wildman–Crippen LogP) is 3.96. The number of carbonyl (C=O) groups is 1. The minimum Gasteiger partial charge on any atom is -0.370 e. The molecule has 3 aromatic carbocycles. The molecule has 0 atom stereocenters. The summed E-state index contributed by atoms with van der Waals surface area (Å²) in [7, 11) is 0. The van der Waals surface area contributed by atoms with Crippen molar-refractivity contribution < 1.29 is 4.79 Å². The van der Waals surface area contributed by atoms with Gasteiger partial charge in [-0.2, -0.15) is 0 Å². The van der Waals surface area contributed by atoms with Gasteiger partial charge in [0, 0.05) is 23.7 Å². The van der Waals surface area contributed by atoms with Gasteiger partial charge in [-0.1, -0.05) is 72.3 Å². The van der Waals surface area contributed by atoms with Gasteiger partial charge in [-0.25, -0.2) is 4.99 Å². The van der Waals surface area contributed by atoms with Gasteiger partial charge in [0.2, 0.25) is 0 Å². The molecule has 0 bridgehead atoms. The molecule has 29 heavy (non-hydrogen) atoms. The topological polar surface area (TPSA) is 84.7 Å². The number of nitrogens with two attached hydrogens (primary N) is 2. The number of hydrogen-bond acceptors (Lipinski definition) is 2. The third-order valence-electron chi connectivity index (χ3n) is 4.47. The summed E-state index contributed by atoms with van der Waals surface area (Å²) in [6.07, 6.45) is 0. The molecular formula is C23H23ClN4O. The van der Waals surface area contributed by atoms with E-state index in [0.717, 1.165) is 16.7 Å². The molecule has 1 amide bonds. The van der Waals surface area contributed by atoms with Gasteiger partial charge >= 0.3 is 0 Å². The van der Waals surface area contributed by atoms with E-state index in [1.807, 2.05) is 78.9 Å². The fraction of sp³-hybridized carbons (Fsp3) is 0.130. The summed E-state index contributed by atoms with van der Waals surface area (Å²) in [5.74, 6) is 0.0172. The Kier molecular flexibility index (Phi) is 6.87. The minimum atomic E-state index is -0.0462. The molecule has 0 aromatic heterocycles.